The monoisotopic (exact) mass is 245 g/mol. The van der Waals surface area contributed by atoms with Crippen LogP contribution in [-0.2, 0) is 10.1 Å². The molecule has 1 heterocycles. The zero-order valence-electron chi connectivity index (χ0n) is 7.45. The summed E-state index contributed by atoms with van der Waals surface area (Å²) in [5.74, 6) is 0. The molecule has 0 unspecified atom stereocenters. The van der Waals surface area contributed by atoms with Gasteiger partial charge in [0, 0.05) is 0 Å². The second kappa shape index (κ2) is 3.84. The minimum atomic E-state index is -4.00. The van der Waals surface area contributed by atoms with E-state index in [9.17, 15) is 8.42 Å². The molecule has 2 aromatic rings. The van der Waals surface area contributed by atoms with E-state index in [-0.39, 0.29) is 5.22 Å². The highest BCUT2D eigenvalue weighted by molar-refractivity contribution is 8.10. The Morgan fingerprint density at radius 2 is 2.13 bits per heavy atom. The molecule has 0 spiro atoms. The maximum absolute atomic E-state index is 10.5. The summed E-state index contributed by atoms with van der Waals surface area (Å²) in [5.41, 5.74) is 1.26. The molecular formula is C8H7NO4S2. The fourth-order valence-corrected chi connectivity index (χ4v) is 2.35. The second-order valence-electron chi connectivity index (χ2n) is 2.79. The van der Waals surface area contributed by atoms with Crippen LogP contribution in [0.3, 0.4) is 0 Å². The Balaban J connectivity index is 2.23. The Labute approximate surface area is 90.2 Å². The van der Waals surface area contributed by atoms with Crippen molar-refractivity contribution >= 4 is 33.0 Å². The van der Waals surface area contributed by atoms with Crippen molar-refractivity contribution in [3.8, 4) is 0 Å². The molecule has 0 saturated heterocycles. The lowest BCUT2D eigenvalue weighted by molar-refractivity contribution is 0.483. The Kier molecular flexibility index (Phi) is 2.68. The third-order valence-electron chi connectivity index (χ3n) is 1.61. The van der Waals surface area contributed by atoms with Crippen LogP contribution in [0.25, 0.3) is 11.1 Å². The number of nitrogens with zero attached hydrogens (tertiary/aromatic N) is 1. The van der Waals surface area contributed by atoms with Crippen molar-refractivity contribution in [1.29, 1.82) is 0 Å². The third-order valence-corrected chi connectivity index (χ3v) is 3.69. The van der Waals surface area contributed by atoms with Gasteiger partial charge in [0.05, 0.1) is 0 Å². The maximum Gasteiger partial charge on any atom is 0.274 e. The fourth-order valence-electron chi connectivity index (χ4n) is 1.04. The third kappa shape index (κ3) is 2.71. The predicted octanol–water partition coefficient (Wildman–Crippen LogP) is 1.77. The first-order chi connectivity index (χ1) is 7.04. The quantitative estimate of drug-likeness (QED) is 0.655. The zero-order valence-corrected chi connectivity index (χ0v) is 9.09. The fraction of sp³-hybridized carbons (Fsp3) is 0.125. The summed E-state index contributed by atoms with van der Waals surface area (Å²) in [4.78, 5) is 4.04. The predicted molar refractivity (Wildman–Crippen MR) is 56.3 cm³/mol. The molecule has 2 rings (SSSR count). The SMILES string of the molecule is O=S(=O)(O)CSc1nc2ccccc2o1. The topological polar surface area (TPSA) is 80.4 Å². The van der Waals surface area contributed by atoms with Gasteiger partial charge in [0.1, 0.15) is 10.6 Å². The first-order valence-electron chi connectivity index (χ1n) is 3.98. The van der Waals surface area contributed by atoms with Gasteiger partial charge < -0.3 is 4.42 Å². The Morgan fingerprint density at radius 3 is 2.80 bits per heavy atom. The first-order valence-corrected chi connectivity index (χ1v) is 6.57. The highest BCUT2D eigenvalue weighted by atomic mass is 32.3. The number of rotatable bonds is 3. The Bertz CT molecular complexity index is 542. The van der Waals surface area contributed by atoms with Gasteiger partial charge in [0.2, 0.25) is 0 Å². The largest absolute Gasteiger partial charge is 0.431 e. The summed E-state index contributed by atoms with van der Waals surface area (Å²) in [7, 11) is -4.00. The van der Waals surface area contributed by atoms with Gasteiger partial charge >= 0.3 is 0 Å². The Hall–Kier alpha value is -1.05. The molecule has 0 aliphatic carbocycles. The molecule has 0 aliphatic rings. The molecule has 80 valence electrons. The normalized spacial score (nSPS) is 12.1. The van der Waals surface area contributed by atoms with Crippen molar-refractivity contribution in [3.05, 3.63) is 24.3 Å². The van der Waals surface area contributed by atoms with Gasteiger partial charge in [-0.15, -0.1) is 0 Å². The van der Waals surface area contributed by atoms with E-state index in [1.54, 1.807) is 18.2 Å². The van der Waals surface area contributed by atoms with Crippen LogP contribution in [0.2, 0.25) is 0 Å². The molecule has 0 radical (unpaired) electrons. The van der Waals surface area contributed by atoms with Crippen LogP contribution in [0.4, 0.5) is 0 Å². The van der Waals surface area contributed by atoms with Crippen molar-refractivity contribution < 1.29 is 17.4 Å². The molecule has 1 aromatic carbocycles. The first kappa shape index (κ1) is 10.5. The van der Waals surface area contributed by atoms with E-state index in [2.05, 4.69) is 4.98 Å². The van der Waals surface area contributed by atoms with Gasteiger partial charge in [-0.3, -0.25) is 4.55 Å². The van der Waals surface area contributed by atoms with Crippen LogP contribution in [0.1, 0.15) is 0 Å². The van der Waals surface area contributed by atoms with Crippen LogP contribution in [0.15, 0.2) is 33.9 Å². The molecule has 5 nitrogen and oxygen atoms in total. The minimum Gasteiger partial charge on any atom is -0.431 e. The van der Waals surface area contributed by atoms with Crippen molar-refractivity contribution in [3.63, 3.8) is 0 Å². The number of hydrogen-bond donors (Lipinski definition) is 1. The molecule has 0 aliphatic heterocycles. The number of thioether (sulfide) groups is 1. The molecular weight excluding hydrogens is 238 g/mol. The number of aromatic nitrogens is 1. The van der Waals surface area contributed by atoms with Crippen molar-refractivity contribution in [2.75, 3.05) is 5.08 Å². The van der Waals surface area contributed by atoms with Crippen LogP contribution in [0, 0.1) is 0 Å². The molecule has 0 saturated carbocycles. The zero-order chi connectivity index (χ0) is 10.9. The van der Waals surface area contributed by atoms with Gasteiger partial charge in [0.15, 0.2) is 5.58 Å². The van der Waals surface area contributed by atoms with Crippen LogP contribution in [-0.4, -0.2) is 23.0 Å². The standard InChI is InChI=1S/C8H7NO4S2/c10-15(11,12)5-14-8-9-6-3-1-2-4-7(6)13-8/h1-4H,5H2,(H,10,11,12). The summed E-state index contributed by atoms with van der Waals surface area (Å²) in [5, 5.41) is -0.228. The van der Waals surface area contributed by atoms with Crippen molar-refractivity contribution in [2.45, 2.75) is 5.22 Å². The molecule has 1 N–H and O–H groups in total. The smallest absolute Gasteiger partial charge is 0.274 e. The van der Waals surface area contributed by atoms with E-state index in [1.807, 2.05) is 6.07 Å². The Morgan fingerprint density at radius 1 is 1.40 bits per heavy atom. The lowest BCUT2D eigenvalue weighted by Gasteiger charge is -1.91. The van der Waals surface area contributed by atoms with Crippen LogP contribution in [0.5, 0.6) is 0 Å². The van der Waals surface area contributed by atoms with Gasteiger partial charge in [-0.1, -0.05) is 12.1 Å². The van der Waals surface area contributed by atoms with Crippen LogP contribution >= 0.6 is 11.8 Å². The number of oxazole rings is 1. The molecule has 0 bridgehead atoms. The van der Waals surface area contributed by atoms with Gasteiger partial charge in [-0.2, -0.15) is 8.42 Å². The molecule has 15 heavy (non-hydrogen) atoms. The van der Waals surface area contributed by atoms with E-state index in [4.69, 9.17) is 8.97 Å². The number of hydrogen-bond acceptors (Lipinski definition) is 5. The number of para-hydroxylation sites is 2. The summed E-state index contributed by atoms with van der Waals surface area (Å²) >= 11 is 0.837. The highest BCUT2D eigenvalue weighted by Gasteiger charge is 2.10. The second-order valence-corrected chi connectivity index (χ2v) is 5.54. The maximum atomic E-state index is 10.5. The lowest BCUT2D eigenvalue weighted by Crippen LogP contribution is -1.99. The molecule has 0 atom stereocenters. The highest BCUT2D eigenvalue weighted by Crippen LogP contribution is 2.23. The van der Waals surface area contributed by atoms with E-state index >= 15 is 0 Å². The molecule has 0 fully saturated rings. The molecule has 7 heteroatoms. The van der Waals surface area contributed by atoms with Gasteiger partial charge in [0.25, 0.3) is 15.3 Å². The summed E-state index contributed by atoms with van der Waals surface area (Å²) in [6, 6.07) is 7.10. The molecule has 0 amide bonds. The van der Waals surface area contributed by atoms with E-state index in [0.29, 0.717) is 11.1 Å². The summed E-state index contributed by atoms with van der Waals surface area (Å²) in [6.07, 6.45) is 0. The number of fused-ring (bicyclic) bond motifs is 1. The van der Waals surface area contributed by atoms with Crippen molar-refractivity contribution in [2.24, 2.45) is 0 Å². The lowest BCUT2D eigenvalue weighted by atomic mass is 10.3. The average molecular weight is 245 g/mol. The summed E-state index contributed by atoms with van der Waals surface area (Å²) < 4.78 is 34.7. The van der Waals surface area contributed by atoms with E-state index in [0.717, 1.165) is 11.8 Å². The minimum absolute atomic E-state index is 0.230. The van der Waals surface area contributed by atoms with E-state index < -0.39 is 15.2 Å². The molecule has 1 aromatic heterocycles. The average Bonchev–Trinajstić information content (AvgIpc) is 2.56. The number of benzene rings is 1. The van der Waals surface area contributed by atoms with Crippen molar-refractivity contribution in [1.82, 2.24) is 4.98 Å². The summed E-state index contributed by atoms with van der Waals surface area (Å²) in [6.45, 7) is 0. The van der Waals surface area contributed by atoms with Gasteiger partial charge in [-0.05, 0) is 23.9 Å². The van der Waals surface area contributed by atoms with E-state index in [1.165, 1.54) is 0 Å². The van der Waals surface area contributed by atoms with Crippen LogP contribution < -0.4 is 0 Å². The van der Waals surface area contributed by atoms with Gasteiger partial charge in [-0.25, -0.2) is 4.98 Å².